The topological polar surface area (TPSA) is 42.8 Å². The van der Waals surface area contributed by atoms with E-state index >= 15 is 0 Å². The van der Waals surface area contributed by atoms with Crippen molar-refractivity contribution < 1.29 is 4.74 Å². The van der Waals surface area contributed by atoms with E-state index in [-0.39, 0.29) is 0 Å². The monoisotopic (exact) mass is 185 g/mol. The number of ether oxygens (including phenoxy) is 1. The third-order valence-electron chi connectivity index (χ3n) is 2.11. The molecule has 0 aliphatic carbocycles. The number of nitrogens with one attached hydrogen (secondary N) is 1. The Hall–Kier alpha value is -0.680. The Kier molecular flexibility index (Phi) is 1.98. The first-order valence-electron chi connectivity index (χ1n) is 4.05. The summed E-state index contributed by atoms with van der Waals surface area (Å²) in [6, 6.07) is 0. The Labute approximate surface area is 75.5 Å². The zero-order chi connectivity index (χ0) is 8.55. The van der Waals surface area contributed by atoms with Gasteiger partial charge in [-0.25, -0.2) is 0 Å². The fourth-order valence-corrected chi connectivity index (χ4v) is 1.60. The molecule has 1 N–H and O–H groups in total. The van der Waals surface area contributed by atoms with E-state index in [1.54, 1.807) is 0 Å². The van der Waals surface area contributed by atoms with Crippen LogP contribution >= 0.6 is 12.2 Å². The summed E-state index contributed by atoms with van der Waals surface area (Å²) >= 11 is 5.07. The maximum Gasteiger partial charge on any atom is 0.195 e. The van der Waals surface area contributed by atoms with Crippen molar-refractivity contribution in [2.45, 2.75) is 19.4 Å². The van der Waals surface area contributed by atoms with Crippen molar-refractivity contribution in [2.24, 2.45) is 0 Å². The highest BCUT2D eigenvalue weighted by Gasteiger charge is 2.25. The minimum absolute atomic E-state index is 0.442. The molecule has 0 radical (unpaired) electrons. The molecule has 0 bridgehead atoms. The SMILES string of the molecule is CCn1c(C2COC2)n[nH]c1=S. The predicted octanol–water partition coefficient (Wildman–Crippen LogP) is 1.07. The normalized spacial score (nSPS) is 17.8. The van der Waals surface area contributed by atoms with Gasteiger partial charge in [0.25, 0.3) is 0 Å². The van der Waals surface area contributed by atoms with Gasteiger partial charge in [-0.1, -0.05) is 0 Å². The van der Waals surface area contributed by atoms with E-state index in [0.717, 1.165) is 25.6 Å². The zero-order valence-corrected chi connectivity index (χ0v) is 7.73. The van der Waals surface area contributed by atoms with E-state index in [4.69, 9.17) is 17.0 Å². The quantitative estimate of drug-likeness (QED) is 0.701. The Morgan fingerprint density at radius 2 is 2.50 bits per heavy atom. The van der Waals surface area contributed by atoms with Crippen LogP contribution in [-0.4, -0.2) is 28.0 Å². The first kappa shape index (κ1) is 7.94. The van der Waals surface area contributed by atoms with Crippen molar-refractivity contribution in [1.82, 2.24) is 14.8 Å². The molecule has 0 saturated carbocycles. The van der Waals surface area contributed by atoms with Crippen LogP contribution < -0.4 is 0 Å². The standard InChI is InChI=1S/C7H11N3OS/c1-2-10-6(5-3-11-4-5)8-9-7(10)12/h5H,2-4H2,1H3,(H,9,12). The fraction of sp³-hybridized carbons (Fsp3) is 0.714. The second-order valence-corrected chi connectivity index (χ2v) is 3.25. The second kappa shape index (κ2) is 2.99. The van der Waals surface area contributed by atoms with Gasteiger partial charge in [-0.15, -0.1) is 0 Å². The molecule has 2 rings (SSSR count). The number of hydrogen-bond donors (Lipinski definition) is 1. The number of H-pyrrole nitrogens is 1. The Bertz CT molecular complexity index is 326. The van der Waals surface area contributed by atoms with Gasteiger partial charge >= 0.3 is 0 Å². The van der Waals surface area contributed by atoms with Crippen molar-refractivity contribution in [3.63, 3.8) is 0 Å². The lowest BCUT2D eigenvalue weighted by molar-refractivity contribution is 0.00335. The van der Waals surface area contributed by atoms with Crippen molar-refractivity contribution >= 4 is 12.2 Å². The van der Waals surface area contributed by atoms with Crippen LogP contribution in [-0.2, 0) is 11.3 Å². The smallest absolute Gasteiger partial charge is 0.195 e. The average molecular weight is 185 g/mol. The van der Waals surface area contributed by atoms with E-state index in [0.29, 0.717) is 10.7 Å². The summed E-state index contributed by atoms with van der Waals surface area (Å²) in [7, 11) is 0. The number of aromatic amines is 1. The molecule has 0 unspecified atom stereocenters. The fourth-order valence-electron chi connectivity index (χ4n) is 1.33. The molecule has 12 heavy (non-hydrogen) atoms. The second-order valence-electron chi connectivity index (χ2n) is 2.87. The largest absolute Gasteiger partial charge is 0.380 e. The molecule has 1 aliphatic rings. The summed E-state index contributed by atoms with van der Waals surface area (Å²) in [6.45, 7) is 4.49. The molecule has 1 saturated heterocycles. The molecule has 2 heterocycles. The zero-order valence-electron chi connectivity index (χ0n) is 6.91. The summed E-state index contributed by atoms with van der Waals surface area (Å²) in [4.78, 5) is 0. The van der Waals surface area contributed by atoms with E-state index in [9.17, 15) is 0 Å². The maximum absolute atomic E-state index is 5.10. The number of rotatable bonds is 2. The van der Waals surface area contributed by atoms with Crippen LogP contribution in [0.2, 0.25) is 0 Å². The Morgan fingerprint density at radius 3 is 3.00 bits per heavy atom. The Morgan fingerprint density at radius 1 is 1.75 bits per heavy atom. The van der Waals surface area contributed by atoms with Crippen molar-refractivity contribution in [1.29, 1.82) is 0 Å². The molecule has 1 fully saturated rings. The summed E-state index contributed by atoms with van der Waals surface area (Å²) < 4.78 is 7.82. The minimum Gasteiger partial charge on any atom is -0.380 e. The van der Waals surface area contributed by atoms with E-state index < -0.39 is 0 Å². The molecule has 0 aromatic carbocycles. The minimum atomic E-state index is 0.442. The third-order valence-corrected chi connectivity index (χ3v) is 2.42. The molecule has 4 nitrogen and oxygen atoms in total. The van der Waals surface area contributed by atoms with Crippen molar-refractivity contribution in [2.75, 3.05) is 13.2 Å². The first-order chi connectivity index (χ1) is 5.83. The summed E-state index contributed by atoms with van der Waals surface area (Å²) in [5, 5.41) is 6.97. The molecule has 1 aliphatic heterocycles. The lowest BCUT2D eigenvalue weighted by Crippen LogP contribution is -2.28. The molecular formula is C7H11N3OS. The van der Waals surface area contributed by atoms with E-state index in [1.165, 1.54) is 0 Å². The van der Waals surface area contributed by atoms with Gasteiger partial charge in [-0.3, -0.25) is 5.10 Å². The molecule has 1 aromatic heterocycles. The van der Waals surface area contributed by atoms with Gasteiger partial charge in [-0.2, -0.15) is 5.10 Å². The molecule has 5 heteroatoms. The van der Waals surface area contributed by atoms with Gasteiger partial charge in [0.1, 0.15) is 5.82 Å². The highest BCUT2D eigenvalue weighted by Crippen LogP contribution is 2.21. The average Bonchev–Trinajstić information content (AvgIpc) is 2.29. The van der Waals surface area contributed by atoms with Crippen LogP contribution in [0.15, 0.2) is 0 Å². The number of hydrogen-bond acceptors (Lipinski definition) is 3. The number of aromatic nitrogens is 3. The van der Waals surface area contributed by atoms with Crippen LogP contribution in [0.5, 0.6) is 0 Å². The maximum atomic E-state index is 5.10. The predicted molar refractivity (Wildman–Crippen MR) is 46.6 cm³/mol. The summed E-state index contributed by atoms with van der Waals surface area (Å²) in [5.74, 6) is 1.48. The molecule has 1 aromatic rings. The lowest BCUT2D eigenvalue weighted by atomic mass is 10.1. The molecule has 66 valence electrons. The van der Waals surface area contributed by atoms with Gasteiger partial charge in [0.05, 0.1) is 19.1 Å². The number of nitrogens with zero attached hydrogens (tertiary/aromatic N) is 2. The van der Waals surface area contributed by atoms with Gasteiger partial charge < -0.3 is 9.30 Å². The van der Waals surface area contributed by atoms with Crippen LogP contribution in [0.3, 0.4) is 0 Å². The molecule has 0 amide bonds. The Balaban J connectivity index is 2.35. The van der Waals surface area contributed by atoms with Crippen molar-refractivity contribution in [3.05, 3.63) is 10.6 Å². The molecular weight excluding hydrogens is 174 g/mol. The van der Waals surface area contributed by atoms with Crippen LogP contribution in [0, 0.1) is 4.77 Å². The molecule has 0 spiro atoms. The van der Waals surface area contributed by atoms with Crippen LogP contribution in [0.25, 0.3) is 0 Å². The van der Waals surface area contributed by atoms with Gasteiger partial charge in [-0.05, 0) is 19.1 Å². The van der Waals surface area contributed by atoms with E-state index in [2.05, 4.69) is 17.1 Å². The summed E-state index contributed by atoms with van der Waals surface area (Å²) in [5.41, 5.74) is 0. The van der Waals surface area contributed by atoms with Crippen LogP contribution in [0.4, 0.5) is 0 Å². The lowest BCUT2D eigenvalue weighted by Gasteiger charge is -2.25. The van der Waals surface area contributed by atoms with Crippen molar-refractivity contribution in [3.8, 4) is 0 Å². The van der Waals surface area contributed by atoms with Gasteiger partial charge in [0, 0.05) is 6.54 Å². The summed E-state index contributed by atoms with van der Waals surface area (Å²) in [6.07, 6.45) is 0. The highest BCUT2D eigenvalue weighted by atomic mass is 32.1. The van der Waals surface area contributed by atoms with Gasteiger partial charge in [0.2, 0.25) is 0 Å². The third kappa shape index (κ3) is 1.09. The first-order valence-corrected chi connectivity index (χ1v) is 4.46. The van der Waals surface area contributed by atoms with Gasteiger partial charge in [0.15, 0.2) is 4.77 Å². The highest BCUT2D eigenvalue weighted by molar-refractivity contribution is 7.71. The van der Waals surface area contributed by atoms with Crippen LogP contribution in [0.1, 0.15) is 18.7 Å². The molecule has 0 atom stereocenters. The van der Waals surface area contributed by atoms with E-state index in [1.807, 2.05) is 4.57 Å².